The van der Waals surface area contributed by atoms with Crippen molar-refractivity contribution in [1.82, 2.24) is 5.32 Å². The molecule has 6 nitrogen and oxygen atoms in total. The van der Waals surface area contributed by atoms with E-state index in [1.165, 1.54) is 0 Å². The average Bonchev–Trinajstić information content (AvgIpc) is 2.54. The van der Waals surface area contributed by atoms with Crippen molar-refractivity contribution >= 4 is 17.6 Å². The number of nitrogens with two attached hydrogens (primary N) is 1. The first kappa shape index (κ1) is 17.3. The quantitative estimate of drug-likeness (QED) is 0.761. The Labute approximate surface area is 141 Å². The van der Waals surface area contributed by atoms with Crippen LogP contribution in [0.4, 0.5) is 10.5 Å². The molecule has 2 aromatic rings. The van der Waals surface area contributed by atoms with Crippen LogP contribution in [0.3, 0.4) is 0 Å². The van der Waals surface area contributed by atoms with Gasteiger partial charge in [-0.05, 0) is 48.7 Å². The van der Waals surface area contributed by atoms with Crippen LogP contribution < -0.4 is 21.1 Å². The van der Waals surface area contributed by atoms with Crippen molar-refractivity contribution in [3.8, 4) is 5.75 Å². The average molecular weight is 327 g/mol. The van der Waals surface area contributed by atoms with Crippen LogP contribution in [0, 0.1) is 13.8 Å². The molecule has 0 aromatic heterocycles. The van der Waals surface area contributed by atoms with E-state index in [4.69, 9.17) is 10.5 Å². The minimum Gasteiger partial charge on any atom is -0.483 e. The van der Waals surface area contributed by atoms with Gasteiger partial charge in [0.15, 0.2) is 6.61 Å². The predicted molar refractivity (Wildman–Crippen MR) is 92.9 cm³/mol. The molecule has 126 valence electrons. The normalized spacial score (nSPS) is 10.1. The van der Waals surface area contributed by atoms with Gasteiger partial charge < -0.3 is 21.1 Å². The van der Waals surface area contributed by atoms with Gasteiger partial charge in [0.1, 0.15) is 5.75 Å². The SMILES string of the molecule is Cc1ccc(C)c(OCC(=O)NCc2ccc(NC(N)=O)cc2)c1. The van der Waals surface area contributed by atoms with Crippen molar-refractivity contribution in [2.24, 2.45) is 5.73 Å². The highest BCUT2D eigenvalue weighted by atomic mass is 16.5. The van der Waals surface area contributed by atoms with E-state index < -0.39 is 6.03 Å². The van der Waals surface area contributed by atoms with E-state index in [2.05, 4.69) is 10.6 Å². The van der Waals surface area contributed by atoms with Gasteiger partial charge in [0.2, 0.25) is 0 Å². The maximum atomic E-state index is 11.9. The molecule has 0 saturated carbocycles. The Morgan fingerprint density at radius 1 is 1.08 bits per heavy atom. The molecule has 4 N–H and O–H groups in total. The molecule has 0 saturated heterocycles. The monoisotopic (exact) mass is 327 g/mol. The Morgan fingerprint density at radius 2 is 1.79 bits per heavy atom. The zero-order valence-corrected chi connectivity index (χ0v) is 13.8. The second kappa shape index (κ2) is 8.01. The molecule has 0 radical (unpaired) electrons. The lowest BCUT2D eigenvalue weighted by Gasteiger charge is -2.10. The number of aryl methyl sites for hydroxylation is 2. The summed E-state index contributed by atoms with van der Waals surface area (Å²) < 4.78 is 5.56. The molecule has 0 aliphatic carbocycles. The number of urea groups is 1. The van der Waals surface area contributed by atoms with Crippen molar-refractivity contribution in [3.63, 3.8) is 0 Å². The van der Waals surface area contributed by atoms with E-state index in [9.17, 15) is 9.59 Å². The van der Waals surface area contributed by atoms with Crippen LogP contribution in [-0.4, -0.2) is 18.5 Å². The summed E-state index contributed by atoms with van der Waals surface area (Å²) in [4.78, 5) is 22.6. The molecule has 0 spiro atoms. The fourth-order valence-corrected chi connectivity index (χ4v) is 2.11. The fourth-order valence-electron chi connectivity index (χ4n) is 2.11. The molecule has 2 aromatic carbocycles. The maximum absolute atomic E-state index is 11.9. The summed E-state index contributed by atoms with van der Waals surface area (Å²) in [6.45, 7) is 4.26. The number of rotatable bonds is 6. The van der Waals surface area contributed by atoms with Gasteiger partial charge in [-0.25, -0.2) is 4.79 Å². The Hall–Kier alpha value is -3.02. The highest BCUT2D eigenvalue weighted by molar-refractivity contribution is 5.87. The molecule has 2 rings (SSSR count). The van der Waals surface area contributed by atoms with Gasteiger partial charge in [0.05, 0.1) is 0 Å². The smallest absolute Gasteiger partial charge is 0.316 e. The molecule has 6 heteroatoms. The second-order valence-corrected chi connectivity index (χ2v) is 5.52. The van der Waals surface area contributed by atoms with Gasteiger partial charge in [-0.15, -0.1) is 0 Å². The molecule has 0 bridgehead atoms. The maximum Gasteiger partial charge on any atom is 0.316 e. The van der Waals surface area contributed by atoms with Gasteiger partial charge in [-0.3, -0.25) is 4.79 Å². The van der Waals surface area contributed by atoms with Crippen molar-refractivity contribution in [2.45, 2.75) is 20.4 Å². The number of primary amides is 1. The number of nitrogens with one attached hydrogen (secondary N) is 2. The number of anilines is 1. The number of hydrogen-bond acceptors (Lipinski definition) is 3. The Kier molecular flexibility index (Phi) is 5.78. The van der Waals surface area contributed by atoms with E-state index >= 15 is 0 Å². The number of ether oxygens (including phenoxy) is 1. The first-order valence-electron chi connectivity index (χ1n) is 7.56. The summed E-state index contributed by atoms with van der Waals surface area (Å²) in [5.41, 5.74) is 8.63. The van der Waals surface area contributed by atoms with Crippen molar-refractivity contribution in [3.05, 3.63) is 59.2 Å². The minimum absolute atomic E-state index is 0.0361. The summed E-state index contributed by atoms with van der Waals surface area (Å²) >= 11 is 0. The molecular weight excluding hydrogens is 306 g/mol. The molecule has 0 unspecified atom stereocenters. The highest BCUT2D eigenvalue weighted by Gasteiger charge is 2.05. The first-order chi connectivity index (χ1) is 11.4. The Balaban J connectivity index is 1.80. The lowest BCUT2D eigenvalue weighted by atomic mass is 10.1. The first-order valence-corrected chi connectivity index (χ1v) is 7.56. The van der Waals surface area contributed by atoms with Gasteiger partial charge >= 0.3 is 6.03 Å². The molecule has 0 heterocycles. The molecule has 0 fully saturated rings. The van der Waals surface area contributed by atoms with Crippen LogP contribution >= 0.6 is 0 Å². The van der Waals surface area contributed by atoms with Crippen LogP contribution in [0.1, 0.15) is 16.7 Å². The number of amides is 3. The molecule has 3 amide bonds. The van der Waals surface area contributed by atoms with Crippen molar-refractivity contribution in [2.75, 3.05) is 11.9 Å². The van der Waals surface area contributed by atoms with E-state index in [0.717, 1.165) is 16.7 Å². The second-order valence-electron chi connectivity index (χ2n) is 5.52. The lowest BCUT2D eigenvalue weighted by Crippen LogP contribution is -2.28. The Bertz CT molecular complexity index is 727. The number of hydrogen-bond donors (Lipinski definition) is 3. The third kappa shape index (κ3) is 5.31. The topological polar surface area (TPSA) is 93.4 Å². The molecular formula is C18H21N3O3. The zero-order chi connectivity index (χ0) is 17.5. The zero-order valence-electron chi connectivity index (χ0n) is 13.8. The van der Waals surface area contributed by atoms with E-state index in [0.29, 0.717) is 18.0 Å². The minimum atomic E-state index is -0.611. The predicted octanol–water partition coefficient (Wildman–Crippen LogP) is 2.49. The fraction of sp³-hybridized carbons (Fsp3) is 0.222. The molecule has 0 aliphatic rings. The number of carbonyl (C=O) groups excluding carboxylic acids is 2. The van der Waals surface area contributed by atoms with E-state index in [1.807, 2.05) is 32.0 Å². The van der Waals surface area contributed by atoms with Crippen LogP contribution in [0.15, 0.2) is 42.5 Å². The van der Waals surface area contributed by atoms with Gasteiger partial charge in [0, 0.05) is 12.2 Å². The van der Waals surface area contributed by atoms with Crippen molar-refractivity contribution in [1.29, 1.82) is 0 Å². The molecule has 0 aliphatic heterocycles. The Morgan fingerprint density at radius 3 is 2.46 bits per heavy atom. The summed E-state index contributed by atoms with van der Waals surface area (Å²) in [6, 6.07) is 12.3. The van der Waals surface area contributed by atoms with E-state index in [-0.39, 0.29) is 12.5 Å². The van der Waals surface area contributed by atoms with E-state index in [1.54, 1.807) is 24.3 Å². The van der Waals surface area contributed by atoms with Crippen LogP contribution in [0.2, 0.25) is 0 Å². The van der Waals surface area contributed by atoms with Gasteiger partial charge in [-0.2, -0.15) is 0 Å². The summed E-state index contributed by atoms with van der Waals surface area (Å²) in [5.74, 6) is 0.516. The number of carbonyl (C=O) groups is 2. The summed E-state index contributed by atoms with van der Waals surface area (Å²) in [6.07, 6.45) is 0. The lowest BCUT2D eigenvalue weighted by molar-refractivity contribution is -0.123. The third-order valence-electron chi connectivity index (χ3n) is 3.41. The summed E-state index contributed by atoms with van der Waals surface area (Å²) in [7, 11) is 0. The number of benzene rings is 2. The van der Waals surface area contributed by atoms with Gasteiger partial charge in [-0.1, -0.05) is 24.3 Å². The van der Waals surface area contributed by atoms with Crippen molar-refractivity contribution < 1.29 is 14.3 Å². The van der Waals surface area contributed by atoms with Gasteiger partial charge in [0.25, 0.3) is 5.91 Å². The highest BCUT2D eigenvalue weighted by Crippen LogP contribution is 2.18. The van der Waals surface area contributed by atoms with Crippen LogP contribution in [-0.2, 0) is 11.3 Å². The van der Waals surface area contributed by atoms with Crippen LogP contribution in [0.5, 0.6) is 5.75 Å². The third-order valence-corrected chi connectivity index (χ3v) is 3.41. The summed E-state index contributed by atoms with van der Waals surface area (Å²) in [5, 5.41) is 5.26. The molecule has 0 atom stereocenters. The molecule has 24 heavy (non-hydrogen) atoms. The largest absolute Gasteiger partial charge is 0.483 e. The van der Waals surface area contributed by atoms with Crippen LogP contribution in [0.25, 0.3) is 0 Å². The standard InChI is InChI=1S/C18H21N3O3/c1-12-3-4-13(2)16(9-12)24-11-17(22)20-10-14-5-7-15(8-6-14)21-18(19)23/h3-9H,10-11H2,1-2H3,(H,20,22)(H3,19,21,23).